The fraction of sp³-hybridized carbons (Fsp3) is 0.200. The maximum absolute atomic E-state index is 12.3. The number of hydrogen-bond donors (Lipinski definition) is 0. The summed E-state index contributed by atoms with van der Waals surface area (Å²) in [5.41, 5.74) is 1.12. The van der Waals surface area contributed by atoms with Gasteiger partial charge in [0.25, 0.3) is 0 Å². The Balaban J connectivity index is 1.84. The first-order chi connectivity index (χ1) is 9.22. The zero-order valence-corrected chi connectivity index (χ0v) is 10.9. The molecule has 1 aliphatic carbocycles. The molecule has 0 saturated heterocycles. The second kappa shape index (κ2) is 5.02. The quantitative estimate of drug-likeness (QED) is 0.632. The Morgan fingerprint density at radius 2 is 2.05 bits per heavy atom. The second-order valence-corrected chi connectivity index (χ2v) is 4.93. The molecule has 1 saturated carbocycles. The predicted octanol–water partition coefficient (Wildman–Crippen LogP) is 3.51. The molecular formula is C15H12ClNO2. The zero-order chi connectivity index (χ0) is 13.2. The summed E-state index contributed by atoms with van der Waals surface area (Å²) >= 11 is 5.71. The van der Waals surface area contributed by atoms with Gasteiger partial charge >= 0.3 is 0 Å². The van der Waals surface area contributed by atoms with Crippen LogP contribution in [0.3, 0.4) is 0 Å². The van der Waals surface area contributed by atoms with Crippen molar-refractivity contribution in [2.45, 2.75) is 18.9 Å². The normalized spacial score (nSPS) is 14.2. The molecule has 0 unspecified atom stereocenters. The van der Waals surface area contributed by atoms with E-state index in [1.807, 2.05) is 12.1 Å². The van der Waals surface area contributed by atoms with E-state index < -0.39 is 0 Å². The molecule has 19 heavy (non-hydrogen) atoms. The van der Waals surface area contributed by atoms with Crippen molar-refractivity contribution in [2.24, 2.45) is 0 Å². The molecule has 4 heteroatoms. The van der Waals surface area contributed by atoms with Crippen LogP contribution < -0.4 is 4.74 Å². The number of nitrogens with zero attached hydrogens (tertiary/aromatic N) is 1. The minimum atomic E-state index is -0.0783. The number of hydrogen-bond acceptors (Lipinski definition) is 3. The molecule has 3 rings (SSSR count). The van der Waals surface area contributed by atoms with Crippen LogP contribution in [0.1, 0.15) is 28.8 Å². The van der Waals surface area contributed by atoms with Gasteiger partial charge in [0.15, 0.2) is 5.78 Å². The van der Waals surface area contributed by atoms with E-state index in [0.717, 1.165) is 18.6 Å². The number of rotatable bonds is 4. The van der Waals surface area contributed by atoms with Gasteiger partial charge in [0.1, 0.15) is 10.9 Å². The highest BCUT2D eigenvalue weighted by molar-refractivity contribution is 6.29. The topological polar surface area (TPSA) is 39.2 Å². The molecule has 0 atom stereocenters. The van der Waals surface area contributed by atoms with Crippen molar-refractivity contribution in [2.75, 3.05) is 0 Å². The number of aromatic nitrogens is 1. The van der Waals surface area contributed by atoms with E-state index in [0.29, 0.717) is 22.4 Å². The summed E-state index contributed by atoms with van der Waals surface area (Å²) in [7, 11) is 0. The first-order valence-electron chi connectivity index (χ1n) is 6.15. The number of benzene rings is 1. The Labute approximate surface area is 116 Å². The lowest BCUT2D eigenvalue weighted by atomic mass is 10.1. The van der Waals surface area contributed by atoms with E-state index in [4.69, 9.17) is 16.3 Å². The van der Waals surface area contributed by atoms with Crippen LogP contribution in [-0.4, -0.2) is 16.9 Å². The van der Waals surface area contributed by atoms with Gasteiger partial charge in [-0.2, -0.15) is 0 Å². The van der Waals surface area contributed by atoms with Crippen molar-refractivity contribution >= 4 is 17.4 Å². The molecule has 1 heterocycles. The highest BCUT2D eigenvalue weighted by atomic mass is 35.5. The molecule has 0 aliphatic heterocycles. The molecule has 1 fully saturated rings. The van der Waals surface area contributed by atoms with Crippen LogP contribution in [0.4, 0.5) is 0 Å². The first kappa shape index (κ1) is 12.2. The van der Waals surface area contributed by atoms with E-state index in [2.05, 4.69) is 4.98 Å². The van der Waals surface area contributed by atoms with Crippen LogP contribution in [0.15, 0.2) is 42.6 Å². The average Bonchev–Trinajstić information content (AvgIpc) is 3.23. The molecule has 1 aliphatic rings. The maximum Gasteiger partial charge on any atom is 0.194 e. The van der Waals surface area contributed by atoms with Gasteiger partial charge in [-0.25, -0.2) is 4.98 Å². The minimum Gasteiger partial charge on any atom is -0.490 e. The smallest absolute Gasteiger partial charge is 0.194 e. The highest BCUT2D eigenvalue weighted by Crippen LogP contribution is 2.27. The van der Waals surface area contributed by atoms with Crippen molar-refractivity contribution in [3.63, 3.8) is 0 Å². The van der Waals surface area contributed by atoms with Crippen LogP contribution in [0.25, 0.3) is 0 Å². The van der Waals surface area contributed by atoms with Crippen molar-refractivity contribution in [1.82, 2.24) is 4.98 Å². The molecule has 2 aromatic rings. The number of ether oxygens (including phenoxy) is 1. The van der Waals surface area contributed by atoms with Crippen LogP contribution in [0.2, 0.25) is 5.15 Å². The fourth-order valence-corrected chi connectivity index (χ4v) is 1.88. The van der Waals surface area contributed by atoms with Crippen molar-refractivity contribution in [3.8, 4) is 5.75 Å². The maximum atomic E-state index is 12.3. The van der Waals surface area contributed by atoms with Gasteiger partial charge in [0.05, 0.1) is 6.10 Å². The number of ketones is 1. The zero-order valence-electron chi connectivity index (χ0n) is 10.2. The SMILES string of the molecule is O=C(c1ccc(Cl)nc1)c1cccc(OC2CC2)c1. The summed E-state index contributed by atoms with van der Waals surface area (Å²) in [5.74, 6) is 0.667. The molecule has 96 valence electrons. The van der Waals surface area contributed by atoms with Gasteiger partial charge in [0, 0.05) is 17.3 Å². The highest BCUT2D eigenvalue weighted by Gasteiger charge is 2.23. The van der Waals surface area contributed by atoms with Gasteiger partial charge in [-0.05, 0) is 37.1 Å². The molecule has 0 spiro atoms. The van der Waals surface area contributed by atoms with Gasteiger partial charge in [-0.3, -0.25) is 4.79 Å². The second-order valence-electron chi connectivity index (χ2n) is 4.54. The van der Waals surface area contributed by atoms with E-state index in [9.17, 15) is 4.79 Å². The predicted molar refractivity (Wildman–Crippen MR) is 72.8 cm³/mol. The number of carbonyl (C=O) groups is 1. The Morgan fingerprint density at radius 3 is 2.74 bits per heavy atom. The summed E-state index contributed by atoms with van der Waals surface area (Å²) in [4.78, 5) is 16.2. The van der Waals surface area contributed by atoms with Crippen LogP contribution in [0.5, 0.6) is 5.75 Å². The third-order valence-electron chi connectivity index (χ3n) is 2.91. The summed E-state index contributed by atoms with van der Waals surface area (Å²) in [5, 5.41) is 0.377. The molecule has 0 amide bonds. The van der Waals surface area contributed by atoms with Crippen LogP contribution in [0, 0.1) is 0 Å². The molecule has 1 aromatic heterocycles. The van der Waals surface area contributed by atoms with Crippen LogP contribution >= 0.6 is 11.6 Å². The lowest BCUT2D eigenvalue weighted by molar-refractivity contribution is 0.103. The van der Waals surface area contributed by atoms with Gasteiger partial charge in [0.2, 0.25) is 0 Å². The molecule has 0 bridgehead atoms. The summed E-state index contributed by atoms with van der Waals surface area (Å²) < 4.78 is 5.68. The number of halogens is 1. The standard InChI is InChI=1S/C15H12ClNO2/c16-14-7-4-11(9-17-14)15(18)10-2-1-3-13(8-10)19-12-5-6-12/h1-4,7-9,12H,5-6H2. The molecule has 3 nitrogen and oxygen atoms in total. The molecule has 1 aromatic carbocycles. The Morgan fingerprint density at radius 1 is 1.21 bits per heavy atom. The molecular weight excluding hydrogens is 262 g/mol. The van der Waals surface area contributed by atoms with Crippen molar-refractivity contribution in [3.05, 3.63) is 58.9 Å². The number of pyridine rings is 1. The van der Waals surface area contributed by atoms with E-state index >= 15 is 0 Å². The monoisotopic (exact) mass is 273 g/mol. The van der Waals surface area contributed by atoms with Gasteiger partial charge in [-0.1, -0.05) is 23.7 Å². The van der Waals surface area contributed by atoms with E-state index in [1.165, 1.54) is 6.20 Å². The van der Waals surface area contributed by atoms with Gasteiger partial charge in [-0.15, -0.1) is 0 Å². The fourth-order valence-electron chi connectivity index (χ4n) is 1.77. The Kier molecular flexibility index (Phi) is 3.22. The average molecular weight is 274 g/mol. The Bertz CT molecular complexity index is 606. The molecule has 0 N–H and O–H groups in total. The Hall–Kier alpha value is -1.87. The third-order valence-corrected chi connectivity index (χ3v) is 3.14. The van der Waals surface area contributed by atoms with Gasteiger partial charge < -0.3 is 4.74 Å². The first-order valence-corrected chi connectivity index (χ1v) is 6.53. The third kappa shape index (κ3) is 2.93. The lowest BCUT2D eigenvalue weighted by Crippen LogP contribution is -2.03. The van der Waals surface area contributed by atoms with Crippen LogP contribution in [-0.2, 0) is 0 Å². The minimum absolute atomic E-state index is 0.0783. The van der Waals surface area contributed by atoms with E-state index in [1.54, 1.807) is 24.3 Å². The molecule has 0 radical (unpaired) electrons. The van der Waals surface area contributed by atoms with Crippen molar-refractivity contribution in [1.29, 1.82) is 0 Å². The summed E-state index contributed by atoms with van der Waals surface area (Å²) in [6.07, 6.45) is 4.00. The van der Waals surface area contributed by atoms with Crippen molar-refractivity contribution < 1.29 is 9.53 Å². The summed E-state index contributed by atoms with van der Waals surface area (Å²) in [6, 6.07) is 10.5. The summed E-state index contributed by atoms with van der Waals surface area (Å²) in [6.45, 7) is 0. The van der Waals surface area contributed by atoms with E-state index in [-0.39, 0.29) is 5.78 Å². The number of carbonyl (C=O) groups excluding carboxylic acids is 1. The lowest BCUT2D eigenvalue weighted by Gasteiger charge is -2.06. The largest absolute Gasteiger partial charge is 0.490 e.